The highest BCUT2D eigenvalue weighted by molar-refractivity contribution is 5.82. The number of aromatic nitrogens is 2. The number of benzene rings is 1. The van der Waals surface area contributed by atoms with Crippen molar-refractivity contribution in [3.05, 3.63) is 66.3 Å². The van der Waals surface area contributed by atoms with Crippen molar-refractivity contribution in [3.8, 4) is 5.75 Å². The number of nitrogens with one attached hydrogen (secondary N) is 2. The van der Waals surface area contributed by atoms with Crippen LogP contribution in [0.25, 0.3) is 11.8 Å². The van der Waals surface area contributed by atoms with Gasteiger partial charge in [0.1, 0.15) is 23.7 Å². The van der Waals surface area contributed by atoms with Gasteiger partial charge < -0.3 is 20.6 Å². The molecule has 6 nitrogen and oxygen atoms in total. The molecule has 1 saturated carbocycles. The molecule has 30 heavy (non-hydrogen) atoms. The lowest BCUT2D eigenvalue weighted by atomic mass is 9.95. The Balaban J connectivity index is 0.00000124. The fourth-order valence-electron chi connectivity index (χ4n) is 3.71. The van der Waals surface area contributed by atoms with Crippen molar-refractivity contribution in [1.29, 1.82) is 0 Å². The summed E-state index contributed by atoms with van der Waals surface area (Å²) in [6.07, 6.45) is 7.54. The lowest BCUT2D eigenvalue weighted by molar-refractivity contribution is 0.439. The summed E-state index contributed by atoms with van der Waals surface area (Å²) in [5.74, 6) is 1.78. The Labute approximate surface area is 179 Å². The molecule has 2 aliphatic rings. The Morgan fingerprint density at radius 3 is 2.60 bits per heavy atom. The van der Waals surface area contributed by atoms with Crippen LogP contribution in [0, 0.1) is 6.92 Å². The zero-order valence-electron chi connectivity index (χ0n) is 18.2. The first kappa shape index (κ1) is 21.4. The molecule has 2 heterocycles. The Hall–Kier alpha value is -3.28. The maximum atomic E-state index is 10.4. The number of phenolic OH excluding ortho intramolecular Hbond substituents is 1. The van der Waals surface area contributed by atoms with Gasteiger partial charge >= 0.3 is 0 Å². The lowest BCUT2D eigenvalue weighted by Gasteiger charge is -2.37. The van der Waals surface area contributed by atoms with Crippen LogP contribution in [0.15, 0.2) is 49.6 Å². The van der Waals surface area contributed by atoms with Crippen LogP contribution in [0.2, 0.25) is 0 Å². The maximum absolute atomic E-state index is 10.4. The van der Waals surface area contributed by atoms with E-state index in [2.05, 4.69) is 51.7 Å². The zero-order chi connectivity index (χ0) is 21.8. The van der Waals surface area contributed by atoms with Crippen LogP contribution in [0.4, 0.5) is 11.6 Å². The number of anilines is 2. The van der Waals surface area contributed by atoms with Gasteiger partial charge in [-0.2, -0.15) is 0 Å². The van der Waals surface area contributed by atoms with Gasteiger partial charge in [0.2, 0.25) is 0 Å². The van der Waals surface area contributed by atoms with Crippen LogP contribution in [-0.4, -0.2) is 32.1 Å². The molecule has 0 radical (unpaired) electrons. The van der Waals surface area contributed by atoms with Gasteiger partial charge in [-0.1, -0.05) is 39.1 Å². The topological polar surface area (TPSA) is 73.3 Å². The minimum absolute atomic E-state index is 0.00182. The van der Waals surface area contributed by atoms with Crippen molar-refractivity contribution in [1.82, 2.24) is 14.9 Å². The first-order valence-electron chi connectivity index (χ1n) is 10.5. The first-order chi connectivity index (χ1) is 14.5. The summed E-state index contributed by atoms with van der Waals surface area (Å²) in [5.41, 5.74) is 4.72. The van der Waals surface area contributed by atoms with Crippen LogP contribution in [0.3, 0.4) is 0 Å². The van der Waals surface area contributed by atoms with Crippen LogP contribution in [0.1, 0.15) is 50.3 Å². The van der Waals surface area contributed by atoms with E-state index in [9.17, 15) is 5.11 Å². The van der Waals surface area contributed by atoms with Gasteiger partial charge in [0, 0.05) is 28.6 Å². The maximum Gasteiger partial charge on any atom is 0.138 e. The van der Waals surface area contributed by atoms with E-state index in [1.54, 1.807) is 12.3 Å². The molecule has 2 aromatic rings. The molecule has 3 N–H and O–H groups in total. The lowest BCUT2D eigenvalue weighted by Crippen LogP contribution is -2.35. The smallest absolute Gasteiger partial charge is 0.138 e. The Morgan fingerprint density at radius 2 is 1.93 bits per heavy atom. The molecule has 0 spiro atoms. The second kappa shape index (κ2) is 9.03. The molecule has 4 rings (SSSR count). The summed E-state index contributed by atoms with van der Waals surface area (Å²) < 4.78 is 0. The van der Waals surface area contributed by atoms with E-state index in [1.807, 2.05) is 32.9 Å². The van der Waals surface area contributed by atoms with Gasteiger partial charge in [0.25, 0.3) is 0 Å². The third-order valence-corrected chi connectivity index (χ3v) is 5.27. The Kier molecular flexibility index (Phi) is 6.45. The summed E-state index contributed by atoms with van der Waals surface area (Å²) in [7, 11) is 0. The second-order valence-electron chi connectivity index (χ2n) is 7.27. The summed E-state index contributed by atoms with van der Waals surface area (Å²) in [6, 6.07) is 6.02. The van der Waals surface area contributed by atoms with E-state index in [0.29, 0.717) is 6.04 Å². The van der Waals surface area contributed by atoms with E-state index in [1.165, 1.54) is 6.33 Å². The predicted molar refractivity (Wildman–Crippen MR) is 125 cm³/mol. The molecular weight excluding hydrogens is 374 g/mol. The molecule has 1 aromatic heterocycles. The largest absolute Gasteiger partial charge is 0.507 e. The van der Waals surface area contributed by atoms with Crippen molar-refractivity contribution < 1.29 is 5.11 Å². The number of rotatable bonds is 6. The fraction of sp³-hybridized carbons (Fsp3) is 0.333. The number of fused-ring (bicyclic) bond motifs is 1. The zero-order valence-corrected chi connectivity index (χ0v) is 18.2. The number of nitrogens with zero attached hydrogens (tertiary/aromatic N) is 3. The molecule has 0 bridgehead atoms. The molecule has 0 amide bonds. The van der Waals surface area contributed by atoms with Crippen molar-refractivity contribution in [3.63, 3.8) is 0 Å². The van der Waals surface area contributed by atoms with Crippen LogP contribution < -0.4 is 10.6 Å². The second-order valence-corrected chi connectivity index (χ2v) is 7.27. The van der Waals surface area contributed by atoms with E-state index in [4.69, 9.17) is 0 Å². The number of aromatic hydroxyl groups is 1. The molecular formula is C24H31N5O. The van der Waals surface area contributed by atoms with Crippen LogP contribution in [-0.2, 0) is 0 Å². The van der Waals surface area contributed by atoms with Gasteiger partial charge in [-0.3, -0.25) is 0 Å². The molecule has 1 fully saturated rings. The summed E-state index contributed by atoms with van der Waals surface area (Å²) in [5, 5.41) is 16.9. The SMILES string of the molecule is C=CNc1ncnc(N[C@@H](C)C2=Cc3cccc(O)c3C(=C)N2C2CC2)c1C.CC. The number of phenols is 1. The third kappa shape index (κ3) is 4.03. The predicted octanol–water partition coefficient (Wildman–Crippen LogP) is 5.36. The number of hydrogen-bond donors (Lipinski definition) is 3. The molecule has 1 aliphatic heterocycles. The van der Waals surface area contributed by atoms with Gasteiger partial charge in [-0.15, -0.1) is 0 Å². The van der Waals surface area contributed by atoms with E-state index >= 15 is 0 Å². The van der Waals surface area contributed by atoms with E-state index in [-0.39, 0.29) is 11.8 Å². The van der Waals surface area contributed by atoms with Gasteiger partial charge in [-0.25, -0.2) is 9.97 Å². The summed E-state index contributed by atoms with van der Waals surface area (Å²) in [4.78, 5) is 10.9. The van der Waals surface area contributed by atoms with E-state index in [0.717, 1.165) is 52.6 Å². The molecule has 1 atom stereocenters. The van der Waals surface area contributed by atoms with Crippen molar-refractivity contribution in [2.24, 2.45) is 0 Å². The Morgan fingerprint density at radius 1 is 1.23 bits per heavy atom. The molecule has 158 valence electrons. The van der Waals surface area contributed by atoms with Crippen LogP contribution >= 0.6 is 0 Å². The number of hydrogen-bond acceptors (Lipinski definition) is 6. The molecule has 0 unspecified atom stereocenters. The van der Waals surface area contributed by atoms with Crippen molar-refractivity contribution in [2.45, 2.75) is 52.6 Å². The fourth-order valence-corrected chi connectivity index (χ4v) is 3.71. The highest BCUT2D eigenvalue weighted by Crippen LogP contribution is 2.44. The normalized spacial score (nSPS) is 15.9. The van der Waals surface area contributed by atoms with E-state index < -0.39 is 0 Å². The quantitative estimate of drug-likeness (QED) is 0.601. The standard InChI is InChI=1S/C22H25N5O.C2H6/c1-5-23-21-13(2)22(25-12-24-21)26-14(3)18-11-16-7-6-8-19(28)20(16)15(4)27(18)17-9-10-17;1-2/h5-8,11-12,14,17,28H,1,4,9-10H2,2-3H3,(H2,23,24,25,26);1-2H3/t14-;/m0./s1. The van der Waals surface area contributed by atoms with Gasteiger partial charge in [0.05, 0.1) is 6.04 Å². The van der Waals surface area contributed by atoms with Crippen LogP contribution in [0.5, 0.6) is 5.75 Å². The monoisotopic (exact) mass is 405 g/mol. The highest BCUT2D eigenvalue weighted by atomic mass is 16.3. The minimum atomic E-state index is -0.00182. The molecule has 6 heteroatoms. The molecule has 0 saturated heterocycles. The van der Waals surface area contributed by atoms with Crippen molar-refractivity contribution in [2.75, 3.05) is 10.6 Å². The highest BCUT2D eigenvalue weighted by Gasteiger charge is 2.37. The van der Waals surface area contributed by atoms with Crippen molar-refractivity contribution >= 4 is 23.4 Å². The Bertz CT molecular complexity index is 978. The molecule has 1 aliphatic carbocycles. The minimum Gasteiger partial charge on any atom is -0.507 e. The average molecular weight is 406 g/mol. The average Bonchev–Trinajstić information content (AvgIpc) is 3.57. The summed E-state index contributed by atoms with van der Waals surface area (Å²) in [6.45, 7) is 16.1. The van der Waals surface area contributed by atoms with Gasteiger partial charge in [0.15, 0.2) is 0 Å². The molecule has 1 aromatic carbocycles. The van der Waals surface area contributed by atoms with Gasteiger partial charge in [-0.05, 0) is 50.6 Å². The third-order valence-electron chi connectivity index (χ3n) is 5.27. The first-order valence-corrected chi connectivity index (χ1v) is 10.5. The summed E-state index contributed by atoms with van der Waals surface area (Å²) >= 11 is 0.